The zero-order valence-electron chi connectivity index (χ0n) is 12.9. The lowest BCUT2D eigenvalue weighted by molar-refractivity contribution is 0.0527. The first-order valence-electron chi connectivity index (χ1n) is 7.41. The first-order chi connectivity index (χ1) is 12.0. The Morgan fingerprint density at radius 3 is 2.84 bits per heavy atom. The molecule has 3 heterocycles. The molecule has 0 aliphatic carbocycles. The minimum Gasteiger partial charge on any atom is -0.462 e. The number of ether oxygens (including phenoxy) is 1. The van der Waals surface area contributed by atoms with Gasteiger partial charge in [-0.1, -0.05) is 23.2 Å². The van der Waals surface area contributed by atoms with Crippen LogP contribution in [0.4, 0.5) is 0 Å². The third kappa shape index (κ3) is 2.49. The average molecular weight is 393 g/mol. The third-order valence-corrected chi connectivity index (χ3v) is 5.36. The van der Waals surface area contributed by atoms with Crippen LogP contribution in [-0.2, 0) is 4.74 Å². The Balaban J connectivity index is 2.29. The summed E-state index contributed by atoms with van der Waals surface area (Å²) >= 11 is 13.4. The number of rotatable bonds is 2. The van der Waals surface area contributed by atoms with Crippen molar-refractivity contribution in [2.45, 2.75) is 6.92 Å². The Hall–Kier alpha value is -2.15. The van der Waals surface area contributed by atoms with Gasteiger partial charge in [0.05, 0.1) is 22.2 Å². The fourth-order valence-electron chi connectivity index (χ4n) is 2.77. The number of nitrogens with zero attached hydrogens (tertiary/aromatic N) is 2. The standard InChI is InChI=1S/C17H10Cl2N2O3S/c1-2-24-17(23)13-14(22)9-4-6-12(19)20-15(9)21-10-5-3-8(18)7-11(10)25-16(13)21/h3-7H,2H2,1H3. The molecule has 0 radical (unpaired) electrons. The summed E-state index contributed by atoms with van der Waals surface area (Å²) in [6.45, 7) is 1.87. The number of aromatic nitrogens is 2. The monoisotopic (exact) mass is 392 g/mol. The number of esters is 1. The van der Waals surface area contributed by atoms with Crippen LogP contribution >= 0.6 is 34.5 Å². The van der Waals surface area contributed by atoms with Crippen molar-refractivity contribution >= 4 is 66.6 Å². The predicted molar refractivity (Wildman–Crippen MR) is 100 cm³/mol. The van der Waals surface area contributed by atoms with E-state index in [1.165, 1.54) is 17.4 Å². The van der Waals surface area contributed by atoms with Gasteiger partial charge in [0.15, 0.2) is 5.65 Å². The summed E-state index contributed by atoms with van der Waals surface area (Å²) in [7, 11) is 0. The maximum Gasteiger partial charge on any atom is 0.345 e. The molecule has 4 rings (SSSR count). The number of pyridine rings is 2. The van der Waals surface area contributed by atoms with Gasteiger partial charge >= 0.3 is 5.97 Å². The van der Waals surface area contributed by atoms with Crippen LogP contribution in [0.1, 0.15) is 17.3 Å². The average Bonchev–Trinajstić information content (AvgIpc) is 2.93. The number of benzene rings is 1. The van der Waals surface area contributed by atoms with E-state index in [0.29, 0.717) is 20.9 Å². The summed E-state index contributed by atoms with van der Waals surface area (Å²) in [6.07, 6.45) is 0. The molecule has 0 aliphatic heterocycles. The van der Waals surface area contributed by atoms with Gasteiger partial charge in [-0.2, -0.15) is 0 Å². The summed E-state index contributed by atoms with van der Waals surface area (Å²) in [6, 6.07) is 8.45. The molecule has 5 nitrogen and oxygen atoms in total. The topological polar surface area (TPSA) is 60.7 Å². The van der Waals surface area contributed by atoms with Crippen molar-refractivity contribution in [3.8, 4) is 0 Å². The molecule has 0 bridgehead atoms. The van der Waals surface area contributed by atoms with E-state index in [4.69, 9.17) is 27.9 Å². The van der Waals surface area contributed by atoms with Crippen molar-refractivity contribution in [2.24, 2.45) is 0 Å². The second-order valence-electron chi connectivity index (χ2n) is 5.28. The second-order valence-corrected chi connectivity index (χ2v) is 7.14. The summed E-state index contributed by atoms with van der Waals surface area (Å²) in [5.41, 5.74) is 0.759. The highest BCUT2D eigenvalue weighted by Gasteiger charge is 2.23. The molecular formula is C17H10Cl2N2O3S. The number of halogens is 2. The van der Waals surface area contributed by atoms with Gasteiger partial charge in [-0.25, -0.2) is 9.78 Å². The highest BCUT2D eigenvalue weighted by atomic mass is 35.5. The number of fused-ring (bicyclic) bond motifs is 5. The SMILES string of the molecule is CCOC(=O)c1c(=O)c2ccc(Cl)nc2n2c1sc1cc(Cl)ccc12. The van der Waals surface area contributed by atoms with E-state index in [1.807, 2.05) is 6.07 Å². The maximum absolute atomic E-state index is 12.9. The molecule has 0 saturated heterocycles. The molecule has 4 aromatic rings. The van der Waals surface area contributed by atoms with E-state index in [9.17, 15) is 9.59 Å². The molecule has 3 aromatic heterocycles. The zero-order valence-corrected chi connectivity index (χ0v) is 15.2. The van der Waals surface area contributed by atoms with Gasteiger partial charge < -0.3 is 4.74 Å². The van der Waals surface area contributed by atoms with Crippen molar-refractivity contribution in [3.05, 3.63) is 56.3 Å². The quantitative estimate of drug-likeness (QED) is 0.371. The third-order valence-electron chi connectivity index (χ3n) is 3.79. The van der Waals surface area contributed by atoms with Crippen LogP contribution in [0.5, 0.6) is 0 Å². The fraction of sp³-hybridized carbons (Fsp3) is 0.118. The molecule has 0 unspecified atom stereocenters. The molecule has 0 fully saturated rings. The minimum absolute atomic E-state index is 0.00389. The van der Waals surface area contributed by atoms with Crippen molar-refractivity contribution in [3.63, 3.8) is 0 Å². The maximum atomic E-state index is 12.9. The number of carbonyl (C=O) groups excluding carboxylic acids is 1. The Kier molecular flexibility index (Phi) is 3.91. The molecule has 0 atom stereocenters. The highest BCUT2D eigenvalue weighted by Crippen LogP contribution is 2.32. The van der Waals surface area contributed by atoms with Gasteiger partial charge in [-0.05, 0) is 37.3 Å². The Labute approximate surface area is 155 Å². The van der Waals surface area contributed by atoms with Gasteiger partial charge in [0.1, 0.15) is 15.5 Å². The molecule has 1 aromatic carbocycles. The highest BCUT2D eigenvalue weighted by molar-refractivity contribution is 7.24. The first kappa shape index (κ1) is 16.3. The minimum atomic E-state index is -0.653. The fourth-order valence-corrected chi connectivity index (χ4v) is 4.37. The Morgan fingerprint density at radius 1 is 1.28 bits per heavy atom. The van der Waals surface area contributed by atoms with Gasteiger partial charge in [-0.3, -0.25) is 9.20 Å². The number of thiazole rings is 1. The van der Waals surface area contributed by atoms with Crippen LogP contribution in [0.25, 0.3) is 26.1 Å². The number of carbonyl (C=O) groups is 1. The number of hydrogen-bond acceptors (Lipinski definition) is 5. The summed E-state index contributed by atoms with van der Waals surface area (Å²) in [4.78, 5) is 30.1. The summed E-state index contributed by atoms with van der Waals surface area (Å²) < 4.78 is 7.67. The van der Waals surface area contributed by atoms with E-state index in [-0.39, 0.29) is 17.3 Å². The lowest BCUT2D eigenvalue weighted by Crippen LogP contribution is -2.20. The van der Waals surface area contributed by atoms with Crippen LogP contribution in [0.3, 0.4) is 0 Å². The van der Waals surface area contributed by atoms with E-state index < -0.39 is 11.4 Å². The van der Waals surface area contributed by atoms with Crippen molar-refractivity contribution in [1.29, 1.82) is 0 Å². The van der Waals surface area contributed by atoms with Crippen LogP contribution in [0.15, 0.2) is 35.1 Å². The van der Waals surface area contributed by atoms with Crippen molar-refractivity contribution in [1.82, 2.24) is 9.38 Å². The van der Waals surface area contributed by atoms with Gasteiger partial charge in [0.2, 0.25) is 5.43 Å². The largest absolute Gasteiger partial charge is 0.462 e. The first-order valence-corrected chi connectivity index (χ1v) is 8.98. The molecule has 0 N–H and O–H groups in total. The Morgan fingerprint density at radius 2 is 2.08 bits per heavy atom. The van der Waals surface area contributed by atoms with E-state index in [1.54, 1.807) is 29.5 Å². The molecular weight excluding hydrogens is 383 g/mol. The van der Waals surface area contributed by atoms with Crippen molar-refractivity contribution in [2.75, 3.05) is 6.61 Å². The van der Waals surface area contributed by atoms with Crippen LogP contribution in [0.2, 0.25) is 10.2 Å². The van der Waals surface area contributed by atoms with E-state index >= 15 is 0 Å². The van der Waals surface area contributed by atoms with Crippen molar-refractivity contribution < 1.29 is 9.53 Å². The normalized spacial score (nSPS) is 11.5. The molecule has 0 saturated carbocycles. The van der Waals surface area contributed by atoms with Crippen LogP contribution in [-0.4, -0.2) is 22.0 Å². The smallest absolute Gasteiger partial charge is 0.345 e. The van der Waals surface area contributed by atoms with Crippen LogP contribution in [0, 0.1) is 0 Å². The molecule has 8 heteroatoms. The molecule has 0 amide bonds. The molecule has 0 spiro atoms. The summed E-state index contributed by atoms with van der Waals surface area (Å²) in [5, 5.41) is 1.13. The Bertz CT molecular complexity index is 1230. The number of hydrogen-bond donors (Lipinski definition) is 0. The van der Waals surface area contributed by atoms with Gasteiger partial charge in [-0.15, -0.1) is 11.3 Å². The zero-order chi connectivity index (χ0) is 17.7. The van der Waals surface area contributed by atoms with E-state index in [0.717, 1.165) is 10.2 Å². The van der Waals surface area contributed by atoms with Gasteiger partial charge in [0, 0.05) is 5.02 Å². The molecule has 0 aliphatic rings. The second kappa shape index (κ2) is 5.98. The lowest BCUT2D eigenvalue weighted by atomic mass is 10.2. The lowest BCUT2D eigenvalue weighted by Gasteiger charge is -2.07. The molecule has 25 heavy (non-hydrogen) atoms. The summed E-state index contributed by atoms with van der Waals surface area (Å²) in [5.74, 6) is -0.653. The predicted octanol–water partition coefficient (Wildman–Crippen LogP) is 4.55. The van der Waals surface area contributed by atoms with Crippen LogP contribution < -0.4 is 5.43 Å². The van der Waals surface area contributed by atoms with E-state index in [2.05, 4.69) is 4.98 Å². The van der Waals surface area contributed by atoms with Gasteiger partial charge in [0.25, 0.3) is 0 Å². The molecule has 126 valence electrons.